The number of likely N-dealkylation sites (N-methyl/N-ethyl adjacent to an activating group) is 1. The van der Waals surface area contributed by atoms with Crippen LogP contribution in [0.3, 0.4) is 0 Å². The van der Waals surface area contributed by atoms with Gasteiger partial charge in [-0.25, -0.2) is 4.68 Å². The van der Waals surface area contributed by atoms with Gasteiger partial charge in [0.05, 0.1) is 18.0 Å². The largest absolute Gasteiger partial charge is 0.331 e. The molecule has 0 aliphatic rings. The van der Waals surface area contributed by atoms with Crippen molar-refractivity contribution < 1.29 is 9.59 Å². The molecule has 2 amide bonds. The van der Waals surface area contributed by atoms with Gasteiger partial charge in [-0.2, -0.15) is 5.10 Å². The highest BCUT2D eigenvalue weighted by Gasteiger charge is 2.22. The van der Waals surface area contributed by atoms with Gasteiger partial charge in [0.1, 0.15) is 0 Å². The van der Waals surface area contributed by atoms with E-state index in [2.05, 4.69) is 10.4 Å². The average Bonchev–Trinajstić information content (AvgIpc) is 2.68. The molecule has 0 fully saturated rings. The highest BCUT2D eigenvalue weighted by atomic mass is 16.2. The number of nitrogens with zero attached hydrogens (tertiary/aromatic N) is 3. The van der Waals surface area contributed by atoms with Crippen LogP contribution in [-0.2, 0) is 4.79 Å². The van der Waals surface area contributed by atoms with Crippen molar-refractivity contribution >= 4 is 28.3 Å². The summed E-state index contributed by atoms with van der Waals surface area (Å²) < 4.78 is 1.30. The van der Waals surface area contributed by atoms with Crippen LogP contribution in [0.5, 0.6) is 0 Å². The van der Waals surface area contributed by atoms with E-state index in [-0.39, 0.29) is 29.7 Å². The zero-order valence-corrected chi connectivity index (χ0v) is 16.0. The topological polar surface area (TPSA) is 84.3 Å². The number of benzene rings is 2. The second kappa shape index (κ2) is 8.04. The number of rotatable bonds is 5. The fraction of sp³-hybridized carbons (Fsp3) is 0.238. The van der Waals surface area contributed by atoms with Crippen LogP contribution in [-0.4, -0.2) is 40.1 Å². The smallest absolute Gasteiger partial charge is 0.275 e. The van der Waals surface area contributed by atoms with E-state index in [0.717, 1.165) is 0 Å². The number of carbonyl (C=O) groups is 2. The van der Waals surface area contributed by atoms with Crippen LogP contribution in [0.2, 0.25) is 0 Å². The van der Waals surface area contributed by atoms with Crippen LogP contribution in [0, 0.1) is 0 Å². The first kappa shape index (κ1) is 19.3. The van der Waals surface area contributed by atoms with Gasteiger partial charge in [0.25, 0.3) is 11.5 Å². The fourth-order valence-corrected chi connectivity index (χ4v) is 2.90. The van der Waals surface area contributed by atoms with Crippen molar-refractivity contribution in [1.82, 2.24) is 14.7 Å². The van der Waals surface area contributed by atoms with Gasteiger partial charge in [-0.05, 0) is 32.0 Å². The lowest BCUT2D eigenvalue weighted by Gasteiger charge is -2.19. The van der Waals surface area contributed by atoms with Crippen molar-refractivity contribution in [2.45, 2.75) is 19.9 Å². The monoisotopic (exact) mass is 378 g/mol. The normalized spacial score (nSPS) is 10.9. The van der Waals surface area contributed by atoms with Crippen LogP contribution in [0.1, 0.15) is 30.4 Å². The first-order valence-electron chi connectivity index (χ1n) is 9.00. The summed E-state index contributed by atoms with van der Waals surface area (Å²) in [5.41, 5.74) is 0.566. The molecule has 0 aliphatic heterocycles. The number of nitrogens with one attached hydrogen (secondary N) is 1. The highest BCUT2D eigenvalue weighted by Crippen LogP contribution is 2.16. The molecule has 0 atom stereocenters. The van der Waals surface area contributed by atoms with Crippen LogP contribution < -0.4 is 10.9 Å². The lowest BCUT2D eigenvalue weighted by Crippen LogP contribution is -2.37. The maximum Gasteiger partial charge on any atom is 0.275 e. The Balaban J connectivity index is 1.89. The highest BCUT2D eigenvalue weighted by molar-refractivity contribution is 6.06. The predicted molar refractivity (Wildman–Crippen MR) is 108 cm³/mol. The second-order valence-corrected chi connectivity index (χ2v) is 6.81. The molecule has 0 unspecified atom stereocenters. The van der Waals surface area contributed by atoms with E-state index in [1.165, 1.54) is 16.6 Å². The number of carbonyl (C=O) groups excluding carboxylic acids is 2. The van der Waals surface area contributed by atoms with Gasteiger partial charge in [-0.3, -0.25) is 14.4 Å². The molecular formula is C21H22N4O3. The summed E-state index contributed by atoms with van der Waals surface area (Å²) in [6.07, 6.45) is 0. The number of anilines is 1. The molecule has 7 nitrogen and oxygen atoms in total. The van der Waals surface area contributed by atoms with Crippen LogP contribution in [0.25, 0.3) is 10.8 Å². The minimum Gasteiger partial charge on any atom is -0.331 e. The Morgan fingerprint density at radius 1 is 1.04 bits per heavy atom. The second-order valence-electron chi connectivity index (χ2n) is 6.81. The summed E-state index contributed by atoms with van der Waals surface area (Å²) in [6.45, 7) is 3.52. The average molecular weight is 378 g/mol. The number of amides is 2. The summed E-state index contributed by atoms with van der Waals surface area (Å²) in [4.78, 5) is 39.2. The van der Waals surface area contributed by atoms with Crippen molar-refractivity contribution in [1.29, 1.82) is 0 Å². The zero-order valence-electron chi connectivity index (χ0n) is 16.0. The van der Waals surface area contributed by atoms with E-state index < -0.39 is 5.91 Å². The van der Waals surface area contributed by atoms with Crippen LogP contribution in [0.4, 0.5) is 5.69 Å². The number of para-hydroxylation sites is 1. The Bertz CT molecular complexity index is 1070. The first-order valence-corrected chi connectivity index (χ1v) is 9.00. The Kier molecular flexibility index (Phi) is 5.54. The summed E-state index contributed by atoms with van der Waals surface area (Å²) >= 11 is 0. The van der Waals surface area contributed by atoms with Gasteiger partial charge in [-0.15, -0.1) is 0 Å². The third kappa shape index (κ3) is 3.93. The SMILES string of the molecule is CC(C)n1nc(C(=O)N(C)CC(=O)Nc2ccccc2)c2ccccc2c1=O. The Morgan fingerprint density at radius 3 is 2.29 bits per heavy atom. The molecule has 2 aromatic carbocycles. The summed E-state index contributed by atoms with van der Waals surface area (Å²) in [7, 11) is 1.54. The molecule has 1 N–H and O–H groups in total. The van der Waals surface area contributed by atoms with E-state index in [4.69, 9.17) is 0 Å². The van der Waals surface area contributed by atoms with E-state index in [1.807, 2.05) is 32.0 Å². The standard InChI is InChI=1S/C21H22N4O3/c1-14(2)25-20(27)17-12-8-7-11-16(17)19(23-25)21(28)24(3)13-18(26)22-15-9-5-4-6-10-15/h4-12,14H,13H2,1-3H3,(H,22,26). The number of aromatic nitrogens is 2. The zero-order chi connectivity index (χ0) is 20.3. The molecule has 0 aliphatic carbocycles. The maximum atomic E-state index is 13.0. The summed E-state index contributed by atoms with van der Waals surface area (Å²) in [6, 6.07) is 15.7. The third-order valence-electron chi connectivity index (χ3n) is 4.31. The molecule has 0 saturated carbocycles. The van der Waals surface area contributed by atoms with Crippen molar-refractivity contribution in [3.8, 4) is 0 Å². The molecule has 0 saturated heterocycles. The van der Waals surface area contributed by atoms with E-state index in [0.29, 0.717) is 16.5 Å². The lowest BCUT2D eigenvalue weighted by molar-refractivity contribution is -0.116. The fourth-order valence-electron chi connectivity index (χ4n) is 2.90. The van der Waals surface area contributed by atoms with Crippen LogP contribution >= 0.6 is 0 Å². The van der Waals surface area contributed by atoms with Gasteiger partial charge < -0.3 is 10.2 Å². The molecule has 3 aromatic rings. The molecule has 0 radical (unpaired) electrons. The number of hydrogen-bond acceptors (Lipinski definition) is 4. The van der Waals surface area contributed by atoms with Crippen molar-refractivity contribution in [3.05, 3.63) is 70.6 Å². The molecular weight excluding hydrogens is 356 g/mol. The van der Waals surface area contributed by atoms with E-state index in [9.17, 15) is 14.4 Å². The van der Waals surface area contributed by atoms with Crippen molar-refractivity contribution in [2.24, 2.45) is 0 Å². The molecule has 0 bridgehead atoms. The third-order valence-corrected chi connectivity index (χ3v) is 4.31. The molecule has 1 heterocycles. The Hall–Kier alpha value is -3.48. The summed E-state index contributed by atoms with van der Waals surface area (Å²) in [5, 5.41) is 7.94. The maximum absolute atomic E-state index is 13.0. The molecule has 0 spiro atoms. The lowest BCUT2D eigenvalue weighted by atomic mass is 10.1. The quantitative estimate of drug-likeness (QED) is 0.740. The van der Waals surface area contributed by atoms with Crippen LogP contribution in [0.15, 0.2) is 59.4 Å². The van der Waals surface area contributed by atoms with E-state index in [1.54, 1.807) is 36.4 Å². The number of hydrogen-bond donors (Lipinski definition) is 1. The minimum absolute atomic E-state index is 0.134. The first-order chi connectivity index (χ1) is 13.4. The Morgan fingerprint density at radius 2 is 1.64 bits per heavy atom. The van der Waals surface area contributed by atoms with Gasteiger partial charge in [0, 0.05) is 18.1 Å². The van der Waals surface area contributed by atoms with Gasteiger partial charge in [0.2, 0.25) is 5.91 Å². The molecule has 28 heavy (non-hydrogen) atoms. The molecule has 144 valence electrons. The Labute approximate surface area is 162 Å². The van der Waals surface area contributed by atoms with Gasteiger partial charge in [0.15, 0.2) is 5.69 Å². The van der Waals surface area contributed by atoms with E-state index >= 15 is 0 Å². The predicted octanol–water partition coefficient (Wildman–Crippen LogP) is 2.69. The molecule has 3 rings (SSSR count). The summed E-state index contributed by atoms with van der Waals surface area (Å²) in [5.74, 6) is -0.739. The molecule has 7 heteroatoms. The minimum atomic E-state index is -0.422. The van der Waals surface area contributed by atoms with Crippen molar-refractivity contribution in [3.63, 3.8) is 0 Å². The molecule has 1 aromatic heterocycles. The van der Waals surface area contributed by atoms with Gasteiger partial charge in [-0.1, -0.05) is 36.4 Å². The van der Waals surface area contributed by atoms with Gasteiger partial charge >= 0.3 is 0 Å². The van der Waals surface area contributed by atoms with Crippen molar-refractivity contribution in [2.75, 3.05) is 18.9 Å². The number of fused-ring (bicyclic) bond motifs is 1.